The maximum Gasteiger partial charge on any atom is 0.256 e. The second-order valence-corrected chi connectivity index (χ2v) is 7.07. The number of anilines is 1. The molecule has 1 aromatic carbocycles. The fourth-order valence-electron chi connectivity index (χ4n) is 2.03. The fourth-order valence-corrected chi connectivity index (χ4v) is 2.70. The van der Waals surface area contributed by atoms with E-state index in [4.69, 9.17) is 5.26 Å². The first-order valence-electron chi connectivity index (χ1n) is 6.84. The highest BCUT2D eigenvalue weighted by Gasteiger charge is 2.14. The highest BCUT2D eigenvalue weighted by Crippen LogP contribution is 2.15. The van der Waals surface area contributed by atoms with Crippen LogP contribution in [-0.4, -0.2) is 30.4 Å². The molecule has 2 aromatic rings. The Hall–Kier alpha value is -2.66. The maximum atomic E-state index is 12.3. The molecule has 0 aliphatic rings. The summed E-state index contributed by atoms with van der Waals surface area (Å²) in [6.07, 6.45) is 1.36. The molecule has 0 radical (unpaired) electrons. The molecule has 0 atom stereocenters. The van der Waals surface area contributed by atoms with Crippen molar-refractivity contribution >= 4 is 21.6 Å². The van der Waals surface area contributed by atoms with Crippen molar-refractivity contribution in [3.05, 3.63) is 41.6 Å². The maximum absolute atomic E-state index is 12.3. The van der Waals surface area contributed by atoms with Crippen LogP contribution >= 0.6 is 0 Å². The number of carbonyl (C=O) groups excluding carboxylic acids is 1. The average Bonchev–Trinajstić information content (AvgIpc) is 2.84. The zero-order valence-electron chi connectivity index (χ0n) is 12.8. The number of hydrogen-bond donors (Lipinski definition) is 1. The smallest absolute Gasteiger partial charge is 0.256 e. The molecule has 0 bridgehead atoms. The lowest BCUT2D eigenvalue weighted by molar-refractivity contribution is 0.102. The van der Waals surface area contributed by atoms with Crippen molar-refractivity contribution in [2.45, 2.75) is 24.8 Å². The first-order valence-corrected chi connectivity index (χ1v) is 8.73. The molecule has 0 saturated heterocycles. The van der Waals surface area contributed by atoms with Gasteiger partial charge in [-0.3, -0.25) is 4.79 Å². The van der Waals surface area contributed by atoms with Crippen LogP contribution in [0.5, 0.6) is 0 Å². The number of benzene rings is 1. The summed E-state index contributed by atoms with van der Waals surface area (Å²) in [5.41, 5.74) is 0.946. The number of carbonyl (C=O) groups is 1. The Morgan fingerprint density at radius 3 is 2.78 bits per heavy atom. The Labute approximate surface area is 134 Å². The Morgan fingerprint density at radius 2 is 2.13 bits per heavy atom. The molecular formula is C15H16N4O3S. The van der Waals surface area contributed by atoms with Gasteiger partial charge in [0.1, 0.15) is 5.82 Å². The first kappa shape index (κ1) is 16.7. The van der Waals surface area contributed by atoms with Crippen LogP contribution in [0, 0.1) is 18.3 Å². The molecule has 0 aliphatic carbocycles. The summed E-state index contributed by atoms with van der Waals surface area (Å²) in [6.45, 7) is 2.14. The molecule has 23 heavy (non-hydrogen) atoms. The Morgan fingerprint density at radius 1 is 1.39 bits per heavy atom. The minimum Gasteiger partial charge on any atom is -0.307 e. The summed E-state index contributed by atoms with van der Waals surface area (Å²) >= 11 is 0. The fraction of sp³-hybridized carbons (Fsp3) is 0.267. The Kier molecular flexibility index (Phi) is 4.81. The Balaban J connectivity index is 2.25. The van der Waals surface area contributed by atoms with E-state index in [1.54, 1.807) is 13.0 Å². The molecule has 1 amide bonds. The standard InChI is InChI=1S/C15H16N4O3S/c1-11-9-14(19(18-11)8-4-7-16)17-15(20)12-5-3-6-13(10-12)23(2,21)22/h3,5-6,9-10H,4,8H2,1-2H3,(H,17,20). The van der Waals surface area contributed by atoms with Gasteiger partial charge in [-0.25, -0.2) is 13.1 Å². The van der Waals surface area contributed by atoms with E-state index in [0.717, 1.165) is 6.26 Å². The van der Waals surface area contributed by atoms with Gasteiger partial charge >= 0.3 is 0 Å². The highest BCUT2D eigenvalue weighted by molar-refractivity contribution is 7.90. The van der Waals surface area contributed by atoms with Gasteiger partial charge in [-0.1, -0.05) is 6.07 Å². The summed E-state index contributed by atoms with van der Waals surface area (Å²) < 4.78 is 24.7. The monoisotopic (exact) mass is 332 g/mol. The molecule has 120 valence electrons. The van der Waals surface area contributed by atoms with Crippen molar-refractivity contribution < 1.29 is 13.2 Å². The minimum absolute atomic E-state index is 0.0827. The van der Waals surface area contributed by atoms with Crippen molar-refractivity contribution in [2.75, 3.05) is 11.6 Å². The van der Waals surface area contributed by atoms with Gasteiger partial charge in [-0.15, -0.1) is 0 Å². The van der Waals surface area contributed by atoms with E-state index < -0.39 is 15.7 Å². The molecule has 1 N–H and O–H groups in total. The third kappa shape index (κ3) is 4.17. The number of nitrogens with zero attached hydrogens (tertiary/aromatic N) is 3. The van der Waals surface area contributed by atoms with Crippen molar-refractivity contribution in [3.63, 3.8) is 0 Å². The zero-order chi connectivity index (χ0) is 17.0. The van der Waals surface area contributed by atoms with Crippen LogP contribution in [-0.2, 0) is 16.4 Å². The average molecular weight is 332 g/mol. The molecule has 0 unspecified atom stereocenters. The van der Waals surface area contributed by atoms with Gasteiger partial charge in [0.2, 0.25) is 0 Å². The van der Waals surface area contributed by atoms with E-state index in [1.807, 2.05) is 6.07 Å². The third-order valence-corrected chi connectivity index (χ3v) is 4.21. The first-order chi connectivity index (χ1) is 10.8. The van der Waals surface area contributed by atoms with Gasteiger partial charge in [0, 0.05) is 17.9 Å². The van der Waals surface area contributed by atoms with Crippen molar-refractivity contribution in [1.82, 2.24) is 9.78 Å². The number of sulfone groups is 1. The predicted molar refractivity (Wildman–Crippen MR) is 84.7 cm³/mol. The lowest BCUT2D eigenvalue weighted by Gasteiger charge is -2.08. The van der Waals surface area contributed by atoms with E-state index in [0.29, 0.717) is 18.1 Å². The highest BCUT2D eigenvalue weighted by atomic mass is 32.2. The van der Waals surface area contributed by atoms with Crippen molar-refractivity contribution in [1.29, 1.82) is 5.26 Å². The van der Waals surface area contributed by atoms with Gasteiger partial charge in [0.15, 0.2) is 9.84 Å². The van der Waals surface area contributed by atoms with Gasteiger partial charge < -0.3 is 5.32 Å². The van der Waals surface area contributed by atoms with Gasteiger partial charge in [0.05, 0.1) is 29.6 Å². The number of aromatic nitrogens is 2. The van der Waals surface area contributed by atoms with Crippen LogP contribution in [0.15, 0.2) is 35.2 Å². The SMILES string of the molecule is Cc1cc(NC(=O)c2cccc(S(C)(=O)=O)c2)n(CCC#N)n1. The Bertz CT molecular complexity index is 878. The molecule has 1 heterocycles. The van der Waals surface area contributed by atoms with Crippen molar-refractivity contribution in [2.24, 2.45) is 0 Å². The normalized spacial score (nSPS) is 11.0. The van der Waals surface area contributed by atoms with Crippen LogP contribution in [0.25, 0.3) is 0 Å². The summed E-state index contributed by atoms with van der Waals surface area (Å²) in [4.78, 5) is 12.4. The lowest BCUT2D eigenvalue weighted by atomic mass is 10.2. The molecule has 2 rings (SSSR count). The van der Waals surface area contributed by atoms with Crippen molar-refractivity contribution in [3.8, 4) is 6.07 Å². The largest absolute Gasteiger partial charge is 0.307 e. The predicted octanol–water partition coefficient (Wildman–Crippen LogP) is 1.76. The number of amides is 1. The summed E-state index contributed by atoms with van der Waals surface area (Å²) in [6, 6.07) is 9.53. The number of rotatable bonds is 5. The van der Waals surface area contributed by atoms with Crippen LogP contribution in [0.4, 0.5) is 5.82 Å². The van der Waals surface area contributed by atoms with E-state index >= 15 is 0 Å². The summed E-state index contributed by atoms with van der Waals surface area (Å²) in [5, 5.41) is 15.6. The van der Waals surface area contributed by atoms with E-state index in [9.17, 15) is 13.2 Å². The van der Waals surface area contributed by atoms with Gasteiger partial charge in [-0.05, 0) is 25.1 Å². The minimum atomic E-state index is -3.38. The second kappa shape index (κ2) is 6.62. The summed E-state index contributed by atoms with van der Waals surface area (Å²) in [5.74, 6) is 0.0288. The molecule has 0 aliphatic heterocycles. The summed E-state index contributed by atoms with van der Waals surface area (Å²) in [7, 11) is -3.38. The van der Waals surface area contributed by atoms with Crippen LogP contribution in [0.2, 0.25) is 0 Å². The quantitative estimate of drug-likeness (QED) is 0.898. The molecule has 7 nitrogen and oxygen atoms in total. The van der Waals surface area contributed by atoms with Crippen LogP contribution < -0.4 is 5.32 Å². The zero-order valence-corrected chi connectivity index (χ0v) is 13.6. The molecule has 8 heteroatoms. The lowest BCUT2D eigenvalue weighted by Crippen LogP contribution is -2.16. The van der Waals surface area contributed by atoms with Crippen LogP contribution in [0.3, 0.4) is 0 Å². The number of hydrogen-bond acceptors (Lipinski definition) is 5. The molecule has 0 fully saturated rings. The molecule has 0 saturated carbocycles. The van der Waals surface area contributed by atoms with E-state index in [-0.39, 0.29) is 16.9 Å². The van der Waals surface area contributed by atoms with Crippen LogP contribution in [0.1, 0.15) is 22.5 Å². The number of nitrogens with one attached hydrogen (secondary N) is 1. The topological polar surface area (TPSA) is 105 Å². The second-order valence-electron chi connectivity index (χ2n) is 5.06. The molecular weight excluding hydrogens is 316 g/mol. The molecule has 1 aromatic heterocycles. The van der Waals surface area contributed by atoms with E-state index in [2.05, 4.69) is 10.4 Å². The number of nitriles is 1. The third-order valence-electron chi connectivity index (χ3n) is 3.10. The van der Waals surface area contributed by atoms with Gasteiger partial charge in [-0.2, -0.15) is 10.4 Å². The number of aryl methyl sites for hydroxylation is 2. The molecule has 0 spiro atoms. The van der Waals surface area contributed by atoms with Gasteiger partial charge in [0.25, 0.3) is 5.91 Å². The van der Waals surface area contributed by atoms with E-state index in [1.165, 1.54) is 28.9 Å².